The predicted octanol–water partition coefficient (Wildman–Crippen LogP) is 6.72. The molecule has 0 aliphatic heterocycles. The molecule has 2 aromatic heterocycles. The molecule has 3 atom stereocenters. The molecule has 2 heterocycles. The van der Waals surface area contributed by atoms with Crippen LogP contribution in [0.3, 0.4) is 0 Å². The summed E-state index contributed by atoms with van der Waals surface area (Å²) in [5.41, 5.74) is 2.85. The maximum Gasteiger partial charge on any atom is 0.272 e. The first-order chi connectivity index (χ1) is 16.6. The lowest BCUT2D eigenvalue weighted by Crippen LogP contribution is -2.36. The van der Waals surface area contributed by atoms with Gasteiger partial charge in [-0.15, -0.1) is 0 Å². The maximum absolute atomic E-state index is 12.8. The van der Waals surface area contributed by atoms with Crippen LogP contribution in [0.15, 0.2) is 18.3 Å². The third-order valence-electron chi connectivity index (χ3n) is 8.05. The van der Waals surface area contributed by atoms with E-state index in [2.05, 4.69) is 34.7 Å². The van der Waals surface area contributed by atoms with Crippen LogP contribution in [-0.4, -0.2) is 31.9 Å². The molecule has 2 fully saturated rings. The van der Waals surface area contributed by atoms with Crippen molar-refractivity contribution in [1.29, 1.82) is 0 Å². The number of rotatable bonds is 6. The molecule has 2 saturated carbocycles. The molecule has 0 spiro atoms. The van der Waals surface area contributed by atoms with Crippen molar-refractivity contribution >= 4 is 5.91 Å². The quantitative estimate of drug-likeness (QED) is 0.495. The second kappa shape index (κ2) is 12.6. The highest BCUT2D eigenvalue weighted by Crippen LogP contribution is 2.32. The van der Waals surface area contributed by atoms with Gasteiger partial charge in [0.15, 0.2) is 0 Å². The number of H-pyrrole nitrogens is 1. The van der Waals surface area contributed by atoms with E-state index < -0.39 is 0 Å². The van der Waals surface area contributed by atoms with Gasteiger partial charge in [0.2, 0.25) is 0 Å². The Morgan fingerprint density at radius 3 is 2.47 bits per heavy atom. The molecule has 1 unspecified atom stereocenters. The number of hydrogen-bond acceptors (Lipinski definition) is 3. The first-order valence-electron chi connectivity index (χ1n) is 14.0. The zero-order valence-corrected chi connectivity index (χ0v) is 21.4. The summed E-state index contributed by atoms with van der Waals surface area (Å²) < 4.78 is 2.00. The van der Waals surface area contributed by atoms with E-state index in [1.165, 1.54) is 95.6 Å². The number of nitrogens with one attached hydrogen (secondary N) is 2. The van der Waals surface area contributed by atoms with Crippen LogP contribution >= 0.6 is 0 Å². The molecule has 6 nitrogen and oxygen atoms in total. The molecule has 1 amide bonds. The van der Waals surface area contributed by atoms with Crippen LogP contribution in [0.4, 0.5) is 0 Å². The zero-order valence-electron chi connectivity index (χ0n) is 21.4. The minimum atomic E-state index is -0.0992. The average Bonchev–Trinajstić information content (AvgIpc) is 3.48. The SMILES string of the molecule is C[C@@H]1CCCCC(c2cc(C(=O)N[C@H](C)Cn3ccc(C4CCCCCCCC4)n3)n[nH]2)CC1. The van der Waals surface area contributed by atoms with E-state index in [4.69, 9.17) is 5.10 Å². The van der Waals surface area contributed by atoms with Crippen molar-refractivity contribution in [3.05, 3.63) is 35.4 Å². The lowest BCUT2D eigenvalue weighted by molar-refractivity contribution is 0.0931. The predicted molar refractivity (Wildman–Crippen MR) is 137 cm³/mol. The van der Waals surface area contributed by atoms with Crippen LogP contribution in [0.5, 0.6) is 0 Å². The second-order valence-electron chi connectivity index (χ2n) is 11.1. The molecule has 6 heteroatoms. The molecule has 4 rings (SSSR count). The summed E-state index contributed by atoms with van der Waals surface area (Å²) in [6.07, 6.45) is 20.3. The highest BCUT2D eigenvalue weighted by atomic mass is 16.2. The van der Waals surface area contributed by atoms with E-state index in [-0.39, 0.29) is 11.9 Å². The van der Waals surface area contributed by atoms with Gasteiger partial charge >= 0.3 is 0 Å². The fourth-order valence-electron chi connectivity index (χ4n) is 5.88. The molecule has 34 heavy (non-hydrogen) atoms. The van der Waals surface area contributed by atoms with E-state index in [9.17, 15) is 4.79 Å². The van der Waals surface area contributed by atoms with Crippen molar-refractivity contribution in [1.82, 2.24) is 25.3 Å². The van der Waals surface area contributed by atoms with Crippen LogP contribution in [0.2, 0.25) is 0 Å². The number of amides is 1. The monoisotopic (exact) mass is 467 g/mol. The Balaban J connectivity index is 1.28. The van der Waals surface area contributed by atoms with Crippen molar-refractivity contribution in [2.45, 2.75) is 128 Å². The Bertz CT molecular complexity index is 877. The van der Waals surface area contributed by atoms with Crippen LogP contribution in [0.1, 0.15) is 137 Å². The molecule has 2 aliphatic rings. The van der Waals surface area contributed by atoms with E-state index in [1.54, 1.807) is 0 Å². The Morgan fingerprint density at radius 1 is 1.00 bits per heavy atom. The summed E-state index contributed by atoms with van der Waals surface area (Å²) in [7, 11) is 0. The number of aromatic amines is 1. The topological polar surface area (TPSA) is 75.6 Å². The lowest BCUT2D eigenvalue weighted by Gasteiger charge is -2.21. The molecular formula is C28H45N5O. The molecule has 0 bridgehead atoms. The van der Waals surface area contributed by atoms with E-state index in [0.29, 0.717) is 24.1 Å². The van der Waals surface area contributed by atoms with Crippen molar-refractivity contribution in [3.63, 3.8) is 0 Å². The Morgan fingerprint density at radius 2 is 1.68 bits per heavy atom. The first kappa shape index (κ1) is 25.0. The molecule has 0 radical (unpaired) electrons. The summed E-state index contributed by atoms with van der Waals surface area (Å²) in [5.74, 6) is 1.78. The molecule has 0 aromatic carbocycles. The van der Waals surface area contributed by atoms with Crippen molar-refractivity contribution < 1.29 is 4.79 Å². The van der Waals surface area contributed by atoms with Crippen molar-refractivity contribution in [2.24, 2.45) is 5.92 Å². The van der Waals surface area contributed by atoms with Gasteiger partial charge in [0.05, 0.1) is 12.2 Å². The molecule has 0 saturated heterocycles. The summed E-state index contributed by atoms with van der Waals surface area (Å²) in [4.78, 5) is 12.8. The molecular weight excluding hydrogens is 422 g/mol. The Hall–Kier alpha value is -2.11. The van der Waals surface area contributed by atoms with Gasteiger partial charge in [0, 0.05) is 29.8 Å². The van der Waals surface area contributed by atoms with Gasteiger partial charge in [0.25, 0.3) is 5.91 Å². The van der Waals surface area contributed by atoms with Gasteiger partial charge < -0.3 is 5.32 Å². The standard InChI is InChI=1S/C28H45N5O/c1-21-11-9-10-14-24(16-15-21)26-19-27(31-30-26)28(34)29-22(2)20-33-18-17-25(32-33)23-12-7-5-3-4-6-8-13-23/h17-19,21-24H,3-16,20H2,1-2H3,(H,29,34)(H,30,31)/t21-,22-,24?/m1/s1. The number of carbonyl (C=O) groups excluding carboxylic acids is 1. The van der Waals surface area contributed by atoms with Crippen molar-refractivity contribution in [2.75, 3.05) is 0 Å². The fraction of sp³-hybridized carbons (Fsp3) is 0.750. The third kappa shape index (κ3) is 7.19. The zero-order chi connectivity index (χ0) is 23.8. The van der Waals surface area contributed by atoms with Gasteiger partial charge in [-0.05, 0) is 50.7 Å². The number of aromatic nitrogens is 4. The second-order valence-corrected chi connectivity index (χ2v) is 11.1. The summed E-state index contributed by atoms with van der Waals surface area (Å²) in [6.45, 7) is 5.08. The fourth-order valence-corrected chi connectivity index (χ4v) is 5.88. The molecule has 2 N–H and O–H groups in total. The summed E-state index contributed by atoms with van der Waals surface area (Å²) in [5, 5.41) is 15.5. The minimum Gasteiger partial charge on any atom is -0.346 e. The number of nitrogens with zero attached hydrogens (tertiary/aromatic N) is 3. The van der Waals surface area contributed by atoms with Crippen molar-refractivity contribution in [3.8, 4) is 0 Å². The maximum atomic E-state index is 12.8. The van der Waals surface area contributed by atoms with Gasteiger partial charge in [-0.2, -0.15) is 10.2 Å². The molecule has 2 aliphatic carbocycles. The van der Waals surface area contributed by atoms with Crippen LogP contribution in [0.25, 0.3) is 0 Å². The van der Waals surface area contributed by atoms with Crippen LogP contribution < -0.4 is 5.32 Å². The van der Waals surface area contributed by atoms with Gasteiger partial charge in [-0.3, -0.25) is 14.6 Å². The van der Waals surface area contributed by atoms with E-state index in [0.717, 1.165) is 11.6 Å². The van der Waals surface area contributed by atoms with Gasteiger partial charge in [-0.1, -0.05) is 71.1 Å². The highest BCUT2D eigenvalue weighted by Gasteiger charge is 2.21. The largest absolute Gasteiger partial charge is 0.346 e. The average molecular weight is 468 g/mol. The van der Waals surface area contributed by atoms with Gasteiger partial charge in [0.1, 0.15) is 5.69 Å². The number of hydrogen-bond donors (Lipinski definition) is 2. The Labute approximate surface area is 205 Å². The Kier molecular flexibility index (Phi) is 9.23. The summed E-state index contributed by atoms with van der Waals surface area (Å²) in [6, 6.07) is 4.15. The van der Waals surface area contributed by atoms with Gasteiger partial charge in [-0.25, -0.2) is 0 Å². The molecule has 188 valence electrons. The third-order valence-corrected chi connectivity index (χ3v) is 8.05. The molecule has 2 aromatic rings. The lowest BCUT2D eigenvalue weighted by atomic mass is 9.85. The van der Waals surface area contributed by atoms with E-state index in [1.807, 2.05) is 17.7 Å². The normalized spacial score (nSPS) is 24.3. The highest BCUT2D eigenvalue weighted by molar-refractivity contribution is 5.92. The number of carbonyl (C=O) groups is 1. The van der Waals surface area contributed by atoms with Crippen LogP contribution in [-0.2, 0) is 6.54 Å². The smallest absolute Gasteiger partial charge is 0.272 e. The van der Waals surface area contributed by atoms with E-state index >= 15 is 0 Å². The first-order valence-corrected chi connectivity index (χ1v) is 14.0. The van der Waals surface area contributed by atoms with Crippen LogP contribution in [0, 0.1) is 5.92 Å². The summed E-state index contributed by atoms with van der Waals surface area (Å²) >= 11 is 0. The minimum absolute atomic E-state index is 0.0109.